The van der Waals surface area contributed by atoms with E-state index in [0.29, 0.717) is 23.9 Å². The molecule has 1 aliphatic heterocycles. The van der Waals surface area contributed by atoms with Gasteiger partial charge in [-0.25, -0.2) is 8.42 Å². The molecule has 192 valence electrons. The Balaban J connectivity index is 1.25. The maximum Gasteiger partial charge on any atom is 0.243 e. The van der Waals surface area contributed by atoms with Crippen LogP contribution in [0.4, 0.5) is 0 Å². The highest BCUT2D eigenvalue weighted by molar-refractivity contribution is 7.89. The van der Waals surface area contributed by atoms with Crippen molar-refractivity contribution >= 4 is 32.5 Å². The summed E-state index contributed by atoms with van der Waals surface area (Å²) in [6, 6.07) is 22.4. The fraction of sp³-hybridized carbons (Fsp3) is 0.355. The van der Waals surface area contributed by atoms with Crippen molar-refractivity contribution in [3.63, 3.8) is 0 Å². The van der Waals surface area contributed by atoms with Crippen LogP contribution in [-0.2, 0) is 29.4 Å². The number of piperidine rings is 1. The molecule has 37 heavy (non-hydrogen) atoms. The number of hydrogen-bond acceptors (Lipinski definition) is 2. The van der Waals surface area contributed by atoms with Gasteiger partial charge in [-0.15, -0.1) is 0 Å². The van der Waals surface area contributed by atoms with E-state index < -0.39 is 10.0 Å². The zero-order chi connectivity index (χ0) is 25.6. The van der Waals surface area contributed by atoms with Crippen LogP contribution in [0.1, 0.15) is 59.5 Å². The number of nitrogens with zero attached hydrogens (tertiary/aromatic N) is 2. The van der Waals surface area contributed by atoms with Crippen LogP contribution in [0, 0.1) is 6.92 Å². The largest absolute Gasteiger partial charge is 0.340 e. The molecule has 1 aliphatic carbocycles. The third kappa shape index (κ3) is 4.62. The van der Waals surface area contributed by atoms with E-state index in [1.165, 1.54) is 45.3 Å². The van der Waals surface area contributed by atoms with Crippen LogP contribution >= 0.6 is 11.6 Å². The number of hydrogen-bond donors (Lipinski definition) is 0. The first-order valence-electron chi connectivity index (χ1n) is 13.4. The summed E-state index contributed by atoms with van der Waals surface area (Å²) in [7, 11) is -3.48. The van der Waals surface area contributed by atoms with Gasteiger partial charge in [-0.05, 0) is 104 Å². The molecule has 0 N–H and O–H groups in total. The molecule has 0 unspecified atom stereocenters. The minimum atomic E-state index is -3.48. The van der Waals surface area contributed by atoms with E-state index >= 15 is 0 Å². The molecule has 0 radical (unpaired) electrons. The van der Waals surface area contributed by atoms with Crippen molar-refractivity contribution in [2.75, 3.05) is 13.1 Å². The highest BCUT2D eigenvalue weighted by Gasteiger charge is 2.32. The van der Waals surface area contributed by atoms with Crippen molar-refractivity contribution in [3.8, 4) is 0 Å². The summed E-state index contributed by atoms with van der Waals surface area (Å²) in [5.41, 5.74) is 7.55. The lowest BCUT2D eigenvalue weighted by molar-refractivity contribution is 0.319. The number of benzene rings is 3. The average molecular weight is 533 g/mol. The van der Waals surface area contributed by atoms with Crippen LogP contribution in [0.2, 0.25) is 5.02 Å². The van der Waals surface area contributed by atoms with Crippen molar-refractivity contribution in [2.24, 2.45) is 0 Å². The molecule has 3 aromatic carbocycles. The zero-order valence-electron chi connectivity index (χ0n) is 21.3. The summed E-state index contributed by atoms with van der Waals surface area (Å²) >= 11 is 6.26. The monoisotopic (exact) mass is 532 g/mol. The van der Waals surface area contributed by atoms with Gasteiger partial charge in [0.2, 0.25) is 10.0 Å². The summed E-state index contributed by atoms with van der Waals surface area (Å²) in [5.74, 6) is 0.334. The molecular formula is C31H33ClN2O2S. The Morgan fingerprint density at radius 1 is 0.892 bits per heavy atom. The molecule has 2 aliphatic rings. The second kappa shape index (κ2) is 9.94. The molecule has 4 nitrogen and oxygen atoms in total. The quantitative estimate of drug-likeness (QED) is 0.275. The highest BCUT2D eigenvalue weighted by Crippen LogP contribution is 2.39. The maximum atomic E-state index is 13.5. The Morgan fingerprint density at radius 2 is 1.65 bits per heavy atom. The van der Waals surface area contributed by atoms with E-state index in [0.717, 1.165) is 43.7 Å². The molecule has 1 fully saturated rings. The molecule has 1 aromatic heterocycles. The standard InChI is InChI=1S/C31H33ClN2O2S/c1-22-31(29-11-4-5-12-30(29)34(22)21-23-7-6-10-27(32)19-23)25-15-17-33(18-16-25)37(35,36)28-14-13-24-8-2-3-9-26(24)20-28/h4-7,10-14,19-20,25H,2-3,8-9,15-18,21H2,1H3. The average Bonchev–Trinajstić information content (AvgIpc) is 3.19. The van der Waals surface area contributed by atoms with Gasteiger partial charge in [0.05, 0.1) is 4.90 Å². The number of aryl methyl sites for hydroxylation is 2. The molecule has 0 saturated carbocycles. The van der Waals surface area contributed by atoms with Gasteiger partial charge >= 0.3 is 0 Å². The zero-order valence-corrected chi connectivity index (χ0v) is 22.9. The van der Waals surface area contributed by atoms with E-state index in [1.807, 2.05) is 36.4 Å². The first-order chi connectivity index (χ1) is 17.9. The molecule has 0 spiro atoms. The lowest BCUT2D eigenvalue weighted by atomic mass is 9.88. The molecule has 6 rings (SSSR count). The lowest BCUT2D eigenvalue weighted by Crippen LogP contribution is -2.38. The predicted molar refractivity (Wildman–Crippen MR) is 151 cm³/mol. The number of aromatic nitrogens is 1. The van der Waals surface area contributed by atoms with Crippen molar-refractivity contribution in [3.05, 3.63) is 99.7 Å². The summed E-state index contributed by atoms with van der Waals surface area (Å²) in [4.78, 5) is 0.459. The Hall–Kier alpha value is -2.60. The first-order valence-corrected chi connectivity index (χ1v) is 15.2. The van der Waals surface area contributed by atoms with Crippen molar-refractivity contribution in [1.82, 2.24) is 8.87 Å². The van der Waals surface area contributed by atoms with Gasteiger partial charge in [0.1, 0.15) is 0 Å². The van der Waals surface area contributed by atoms with E-state index in [1.54, 1.807) is 4.31 Å². The first kappa shape index (κ1) is 24.7. The predicted octanol–water partition coefficient (Wildman–Crippen LogP) is 7.10. The van der Waals surface area contributed by atoms with E-state index in [9.17, 15) is 8.42 Å². The molecule has 1 saturated heterocycles. The van der Waals surface area contributed by atoms with Gasteiger partial charge in [0.15, 0.2) is 0 Å². The van der Waals surface area contributed by atoms with E-state index in [4.69, 9.17) is 11.6 Å². The van der Waals surface area contributed by atoms with Crippen LogP contribution in [0.15, 0.2) is 71.6 Å². The van der Waals surface area contributed by atoms with Gasteiger partial charge in [-0.3, -0.25) is 0 Å². The second-order valence-corrected chi connectivity index (χ2v) is 12.9. The normalized spacial score (nSPS) is 17.2. The van der Waals surface area contributed by atoms with Gasteiger partial charge in [0, 0.05) is 41.3 Å². The minimum absolute atomic E-state index is 0.334. The van der Waals surface area contributed by atoms with Crippen molar-refractivity contribution in [1.29, 1.82) is 0 Å². The molecule has 2 heterocycles. The highest BCUT2D eigenvalue weighted by atomic mass is 35.5. The summed E-state index contributed by atoms with van der Waals surface area (Å²) in [6.07, 6.45) is 6.05. The number of fused-ring (bicyclic) bond motifs is 2. The van der Waals surface area contributed by atoms with Crippen molar-refractivity contribution < 1.29 is 8.42 Å². The molecule has 0 amide bonds. The maximum absolute atomic E-state index is 13.5. The molecule has 4 aromatic rings. The van der Waals surface area contributed by atoms with Gasteiger partial charge in [0.25, 0.3) is 0 Å². The van der Waals surface area contributed by atoms with Crippen LogP contribution in [0.25, 0.3) is 10.9 Å². The fourth-order valence-electron chi connectivity index (χ4n) is 6.40. The summed E-state index contributed by atoms with van der Waals surface area (Å²) in [6.45, 7) is 4.07. The number of halogens is 1. The van der Waals surface area contributed by atoms with E-state index in [2.05, 4.69) is 41.8 Å². The minimum Gasteiger partial charge on any atom is -0.340 e. The van der Waals surface area contributed by atoms with Crippen LogP contribution in [0.5, 0.6) is 0 Å². The Morgan fingerprint density at radius 3 is 2.43 bits per heavy atom. The number of rotatable bonds is 5. The van der Waals surface area contributed by atoms with E-state index in [-0.39, 0.29) is 0 Å². The molecule has 0 atom stereocenters. The molecule has 0 bridgehead atoms. The van der Waals surface area contributed by atoms with Crippen LogP contribution < -0.4 is 0 Å². The Bertz CT molecular complexity index is 1570. The topological polar surface area (TPSA) is 42.3 Å². The van der Waals surface area contributed by atoms with Gasteiger partial charge in [-0.2, -0.15) is 4.31 Å². The van der Waals surface area contributed by atoms with Gasteiger partial charge in [-0.1, -0.05) is 48.0 Å². The fourth-order valence-corrected chi connectivity index (χ4v) is 8.13. The third-order valence-electron chi connectivity index (χ3n) is 8.33. The smallest absolute Gasteiger partial charge is 0.243 e. The summed E-state index contributed by atoms with van der Waals surface area (Å²) in [5, 5.41) is 2.03. The molecule has 6 heteroatoms. The SMILES string of the molecule is Cc1c(C2CCN(S(=O)(=O)c3ccc4c(c3)CCCC4)CC2)c2ccccc2n1Cc1cccc(Cl)c1. The van der Waals surface area contributed by atoms with Crippen molar-refractivity contribution in [2.45, 2.75) is 62.8 Å². The second-order valence-electron chi connectivity index (χ2n) is 10.5. The number of para-hydroxylation sites is 1. The Labute approximate surface area is 224 Å². The van der Waals surface area contributed by atoms with Gasteiger partial charge < -0.3 is 4.57 Å². The summed E-state index contributed by atoms with van der Waals surface area (Å²) < 4.78 is 31.2. The number of sulfonamides is 1. The third-order valence-corrected chi connectivity index (χ3v) is 10.5. The molecular weight excluding hydrogens is 500 g/mol. The Kier molecular flexibility index (Phi) is 6.64. The van der Waals surface area contributed by atoms with Crippen LogP contribution in [0.3, 0.4) is 0 Å². The lowest BCUT2D eigenvalue weighted by Gasteiger charge is -2.32. The van der Waals surface area contributed by atoms with Crippen LogP contribution in [-0.4, -0.2) is 30.4 Å².